The minimum Gasteiger partial charge on any atom is -0.495 e. The van der Waals surface area contributed by atoms with Crippen LogP contribution in [0.1, 0.15) is 10.4 Å². The van der Waals surface area contributed by atoms with Gasteiger partial charge in [-0.15, -0.1) is 0 Å². The van der Waals surface area contributed by atoms with Gasteiger partial charge >= 0.3 is 0 Å². The standard InChI is InChI=1S/C15H14BrNO3/c1-19-12-8-10(9-13(20-2)14(12)16)15(18)17-11-6-4-3-5-7-11/h3-9H,1-2H3,(H,17,18). The van der Waals surface area contributed by atoms with Crippen molar-refractivity contribution < 1.29 is 14.3 Å². The van der Waals surface area contributed by atoms with Crippen molar-refractivity contribution >= 4 is 27.5 Å². The summed E-state index contributed by atoms with van der Waals surface area (Å²) in [5.74, 6) is 0.866. The molecule has 0 heterocycles. The number of rotatable bonds is 4. The van der Waals surface area contributed by atoms with E-state index in [1.54, 1.807) is 26.4 Å². The van der Waals surface area contributed by atoms with E-state index in [9.17, 15) is 4.79 Å². The summed E-state index contributed by atoms with van der Waals surface area (Å²) in [7, 11) is 3.08. The highest BCUT2D eigenvalue weighted by Gasteiger charge is 2.14. The summed E-state index contributed by atoms with van der Waals surface area (Å²) in [6.45, 7) is 0. The van der Waals surface area contributed by atoms with Crippen molar-refractivity contribution in [1.29, 1.82) is 0 Å². The lowest BCUT2D eigenvalue weighted by Gasteiger charge is -2.11. The van der Waals surface area contributed by atoms with Crippen LogP contribution in [0.2, 0.25) is 0 Å². The molecule has 0 aliphatic rings. The van der Waals surface area contributed by atoms with E-state index in [0.29, 0.717) is 21.5 Å². The average Bonchev–Trinajstić information content (AvgIpc) is 2.48. The number of nitrogens with one attached hydrogen (secondary N) is 1. The van der Waals surface area contributed by atoms with Crippen LogP contribution in [0.25, 0.3) is 0 Å². The molecular formula is C15H14BrNO3. The summed E-state index contributed by atoms with van der Waals surface area (Å²) in [4.78, 5) is 12.2. The number of ether oxygens (including phenoxy) is 2. The van der Waals surface area contributed by atoms with Crippen molar-refractivity contribution in [2.45, 2.75) is 0 Å². The second kappa shape index (κ2) is 6.43. The van der Waals surface area contributed by atoms with Gasteiger partial charge in [-0.25, -0.2) is 0 Å². The topological polar surface area (TPSA) is 47.6 Å². The molecule has 0 aromatic heterocycles. The smallest absolute Gasteiger partial charge is 0.255 e. The average molecular weight is 336 g/mol. The molecule has 20 heavy (non-hydrogen) atoms. The molecule has 5 heteroatoms. The first kappa shape index (κ1) is 14.4. The van der Waals surface area contributed by atoms with E-state index in [1.807, 2.05) is 30.3 Å². The van der Waals surface area contributed by atoms with Gasteiger partial charge in [0, 0.05) is 11.3 Å². The fourth-order valence-electron chi connectivity index (χ4n) is 1.73. The highest BCUT2D eigenvalue weighted by Crippen LogP contribution is 2.35. The predicted molar refractivity (Wildman–Crippen MR) is 81.6 cm³/mol. The Morgan fingerprint density at radius 1 is 1.05 bits per heavy atom. The molecule has 0 unspecified atom stereocenters. The molecule has 2 aromatic carbocycles. The number of amides is 1. The molecular weight excluding hydrogens is 322 g/mol. The van der Waals surface area contributed by atoms with Crippen LogP contribution >= 0.6 is 15.9 Å². The summed E-state index contributed by atoms with van der Waals surface area (Å²) >= 11 is 3.37. The Morgan fingerprint density at radius 2 is 1.60 bits per heavy atom. The second-order valence-corrected chi connectivity index (χ2v) is 4.81. The number of anilines is 1. The van der Waals surface area contributed by atoms with Crippen molar-refractivity contribution in [3.05, 3.63) is 52.5 Å². The predicted octanol–water partition coefficient (Wildman–Crippen LogP) is 3.72. The minimum absolute atomic E-state index is 0.222. The van der Waals surface area contributed by atoms with Gasteiger partial charge in [-0.1, -0.05) is 18.2 Å². The lowest BCUT2D eigenvalue weighted by molar-refractivity contribution is 0.102. The monoisotopic (exact) mass is 335 g/mol. The molecule has 0 bridgehead atoms. The normalized spacial score (nSPS) is 9.95. The Morgan fingerprint density at radius 3 is 2.10 bits per heavy atom. The molecule has 0 saturated heterocycles. The van der Waals surface area contributed by atoms with E-state index >= 15 is 0 Å². The van der Waals surface area contributed by atoms with Gasteiger partial charge in [0.05, 0.1) is 14.2 Å². The van der Waals surface area contributed by atoms with Crippen LogP contribution in [-0.4, -0.2) is 20.1 Å². The van der Waals surface area contributed by atoms with Crippen molar-refractivity contribution in [3.8, 4) is 11.5 Å². The van der Waals surface area contributed by atoms with Crippen molar-refractivity contribution in [2.24, 2.45) is 0 Å². The van der Waals surface area contributed by atoms with Crippen molar-refractivity contribution in [2.75, 3.05) is 19.5 Å². The molecule has 4 nitrogen and oxygen atoms in total. The number of hydrogen-bond acceptors (Lipinski definition) is 3. The molecule has 0 atom stereocenters. The Labute approximate surface area is 125 Å². The third-order valence-corrected chi connectivity index (χ3v) is 3.52. The highest BCUT2D eigenvalue weighted by molar-refractivity contribution is 9.10. The van der Waals surface area contributed by atoms with E-state index in [-0.39, 0.29) is 5.91 Å². The van der Waals surface area contributed by atoms with E-state index in [1.165, 1.54) is 0 Å². The third kappa shape index (κ3) is 3.11. The fraction of sp³-hybridized carbons (Fsp3) is 0.133. The zero-order valence-corrected chi connectivity index (χ0v) is 12.7. The van der Waals surface area contributed by atoms with Crippen LogP contribution in [0.4, 0.5) is 5.69 Å². The molecule has 2 rings (SSSR count). The second-order valence-electron chi connectivity index (χ2n) is 4.01. The highest BCUT2D eigenvalue weighted by atomic mass is 79.9. The quantitative estimate of drug-likeness (QED) is 0.926. The zero-order chi connectivity index (χ0) is 14.5. The lowest BCUT2D eigenvalue weighted by Crippen LogP contribution is -2.12. The molecule has 0 spiro atoms. The maximum absolute atomic E-state index is 12.2. The van der Waals surface area contributed by atoms with E-state index in [0.717, 1.165) is 5.69 Å². The van der Waals surface area contributed by atoms with Crippen LogP contribution < -0.4 is 14.8 Å². The van der Waals surface area contributed by atoms with Crippen LogP contribution in [-0.2, 0) is 0 Å². The van der Waals surface area contributed by atoms with Gasteiger partial charge < -0.3 is 14.8 Å². The Bertz CT molecular complexity index is 589. The maximum atomic E-state index is 12.2. The summed E-state index contributed by atoms with van der Waals surface area (Å²) in [5, 5.41) is 2.81. The van der Waals surface area contributed by atoms with Crippen molar-refractivity contribution in [1.82, 2.24) is 0 Å². The third-order valence-electron chi connectivity index (χ3n) is 2.74. The summed E-state index contributed by atoms with van der Waals surface area (Å²) < 4.78 is 11.1. The molecule has 0 saturated carbocycles. The Balaban J connectivity index is 2.30. The van der Waals surface area contributed by atoms with Crippen LogP contribution in [0, 0.1) is 0 Å². The van der Waals surface area contributed by atoms with E-state index in [2.05, 4.69) is 21.2 Å². The van der Waals surface area contributed by atoms with Gasteiger partial charge in [-0.05, 0) is 40.2 Å². The summed E-state index contributed by atoms with van der Waals surface area (Å²) in [6.07, 6.45) is 0. The van der Waals surface area contributed by atoms with Gasteiger partial charge in [0.1, 0.15) is 16.0 Å². The van der Waals surface area contributed by atoms with Crippen LogP contribution in [0.5, 0.6) is 11.5 Å². The number of hydrogen-bond donors (Lipinski definition) is 1. The number of para-hydroxylation sites is 1. The van der Waals surface area contributed by atoms with Crippen molar-refractivity contribution in [3.63, 3.8) is 0 Å². The Kier molecular flexibility index (Phi) is 4.63. The van der Waals surface area contributed by atoms with Gasteiger partial charge in [-0.3, -0.25) is 4.79 Å². The van der Waals surface area contributed by atoms with Crippen LogP contribution in [0.15, 0.2) is 46.9 Å². The number of carbonyl (C=O) groups excluding carboxylic acids is 1. The Hall–Kier alpha value is -2.01. The minimum atomic E-state index is -0.222. The maximum Gasteiger partial charge on any atom is 0.255 e. The van der Waals surface area contributed by atoms with Gasteiger partial charge in [0.25, 0.3) is 5.91 Å². The van der Waals surface area contributed by atoms with Gasteiger partial charge in [0.2, 0.25) is 0 Å². The molecule has 0 aliphatic carbocycles. The number of carbonyl (C=O) groups is 1. The summed E-state index contributed by atoms with van der Waals surface area (Å²) in [6, 6.07) is 12.6. The van der Waals surface area contributed by atoms with Crippen LogP contribution in [0.3, 0.4) is 0 Å². The molecule has 1 N–H and O–H groups in total. The molecule has 1 amide bonds. The first-order chi connectivity index (χ1) is 9.65. The summed E-state index contributed by atoms with van der Waals surface area (Å²) in [5.41, 5.74) is 1.20. The largest absolute Gasteiger partial charge is 0.495 e. The number of benzene rings is 2. The molecule has 2 aromatic rings. The fourth-order valence-corrected chi connectivity index (χ4v) is 2.28. The molecule has 0 aliphatic heterocycles. The van der Waals surface area contributed by atoms with Gasteiger partial charge in [-0.2, -0.15) is 0 Å². The van der Waals surface area contributed by atoms with E-state index in [4.69, 9.17) is 9.47 Å². The molecule has 104 valence electrons. The molecule has 0 fully saturated rings. The van der Waals surface area contributed by atoms with E-state index < -0.39 is 0 Å². The van der Waals surface area contributed by atoms with Gasteiger partial charge in [0.15, 0.2) is 0 Å². The first-order valence-corrected chi connectivity index (χ1v) is 6.73. The lowest BCUT2D eigenvalue weighted by atomic mass is 10.1. The molecule has 0 radical (unpaired) electrons. The zero-order valence-electron chi connectivity index (χ0n) is 11.1. The number of methoxy groups -OCH3 is 2. The number of halogens is 1. The SMILES string of the molecule is COc1cc(C(=O)Nc2ccccc2)cc(OC)c1Br. The first-order valence-electron chi connectivity index (χ1n) is 5.93.